The van der Waals surface area contributed by atoms with Gasteiger partial charge in [0.25, 0.3) is 5.91 Å². The standard InChI is InChI=1S/C24H30N6O3/c1-25-22-4-2-12-30(22)23(31)17-28-24(32)19-7-8-27-21-6-5-18(16-20(19)21)33-15-3-11-29-13-9-26-10-14-29/h5-8,16,22,26H,2-4,9-15,17H2,(H,28,32). The number of amides is 2. The van der Waals surface area contributed by atoms with Crippen molar-refractivity contribution in [3.63, 3.8) is 0 Å². The number of hydrogen-bond acceptors (Lipinski definition) is 6. The zero-order valence-corrected chi connectivity index (χ0v) is 18.8. The fourth-order valence-corrected chi connectivity index (χ4v) is 4.35. The molecule has 1 aromatic carbocycles. The molecule has 0 spiro atoms. The van der Waals surface area contributed by atoms with Crippen LogP contribution < -0.4 is 15.4 Å². The van der Waals surface area contributed by atoms with Crippen LogP contribution in [0.2, 0.25) is 0 Å². The zero-order valence-electron chi connectivity index (χ0n) is 18.8. The van der Waals surface area contributed by atoms with Gasteiger partial charge >= 0.3 is 6.17 Å². The van der Waals surface area contributed by atoms with Crippen LogP contribution in [0.3, 0.4) is 0 Å². The number of likely N-dealkylation sites (tertiary alicyclic amines) is 1. The number of hydrogen-bond donors (Lipinski definition) is 2. The molecule has 4 rings (SSSR count). The predicted octanol–water partition coefficient (Wildman–Crippen LogP) is 1.51. The molecule has 33 heavy (non-hydrogen) atoms. The second-order valence-electron chi connectivity index (χ2n) is 8.35. The maximum absolute atomic E-state index is 12.9. The molecule has 0 aliphatic carbocycles. The molecule has 0 saturated carbocycles. The van der Waals surface area contributed by atoms with Crippen LogP contribution in [0.15, 0.2) is 30.5 Å². The highest BCUT2D eigenvalue weighted by molar-refractivity contribution is 6.07. The van der Waals surface area contributed by atoms with Crippen LogP contribution in [-0.4, -0.2) is 85.2 Å². The molecule has 0 bridgehead atoms. The fourth-order valence-electron chi connectivity index (χ4n) is 4.35. The Morgan fingerprint density at radius 3 is 2.91 bits per heavy atom. The van der Waals surface area contributed by atoms with Gasteiger partial charge < -0.3 is 20.3 Å². The Balaban J connectivity index is 1.35. The van der Waals surface area contributed by atoms with Gasteiger partial charge in [0, 0.05) is 57.3 Å². The first-order valence-corrected chi connectivity index (χ1v) is 11.5. The topological polar surface area (TPSA) is 91.2 Å². The second-order valence-corrected chi connectivity index (χ2v) is 8.35. The highest BCUT2D eigenvalue weighted by atomic mass is 16.5. The summed E-state index contributed by atoms with van der Waals surface area (Å²) in [7, 11) is 0. The third-order valence-electron chi connectivity index (χ3n) is 6.15. The number of carbonyl (C=O) groups excluding carboxylic acids is 2. The van der Waals surface area contributed by atoms with Crippen LogP contribution in [0.25, 0.3) is 15.7 Å². The van der Waals surface area contributed by atoms with Gasteiger partial charge in [-0.2, -0.15) is 0 Å². The molecule has 2 amide bonds. The van der Waals surface area contributed by atoms with E-state index < -0.39 is 6.17 Å². The Hall–Kier alpha value is -3.22. The molecule has 2 aromatic rings. The first-order chi connectivity index (χ1) is 16.2. The van der Waals surface area contributed by atoms with Gasteiger partial charge in [-0.05, 0) is 37.1 Å². The van der Waals surface area contributed by atoms with E-state index in [1.807, 2.05) is 18.2 Å². The highest BCUT2D eigenvalue weighted by Crippen LogP contribution is 2.23. The smallest absolute Gasteiger partial charge is 0.300 e. The minimum absolute atomic E-state index is 0.128. The molecule has 2 fully saturated rings. The number of rotatable bonds is 8. The van der Waals surface area contributed by atoms with E-state index in [1.165, 1.54) is 0 Å². The van der Waals surface area contributed by atoms with E-state index in [1.54, 1.807) is 17.2 Å². The van der Waals surface area contributed by atoms with Crippen molar-refractivity contribution in [2.75, 3.05) is 52.4 Å². The summed E-state index contributed by atoms with van der Waals surface area (Å²) in [5.74, 6) is 0.122. The van der Waals surface area contributed by atoms with Crippen LogP contribution >= 0.6 is 0 Å². The number of nitrogens with one attached hydrogen (secondary N) is 2. The normalized spacial score (nSPS) is 18.8. The lowest BCUT2D eigenvalue weighted by Crippen LogP contribution is -2.43. The van der Waals surface area contributed by atoms with Crippen LogP contribution in [-0.2, 0) is 4.79 Å². The summed E-state index contributed by atoms with van der Waals surface area (Å²) in [5.41, 5.74) is 1.14. The third-order valence-corrected chi connectivity index (χ3v) is 6.15. The molecule has 0 radical (unpaired) electrons. The SMILES string of the molecule is [C-]#[N+]C1CCCN1C(=O)CNC(=O)c1ccnc2ccc(OCCCN3CCNCC3)cc12. The van der Waals surface area contributed by atoms with Crippen molar-refractivity contribution in [3.8, 4) is 5.75 Å². The predicted molar refractivity (Wildman–Crippen MR) is 125 cm³/mol. The number of aromatic nitrogens is 1. The van der Waals surface area contributed by atoms with E-state index in [-0.39, 0.29) is 18.4 Å². The number of ether oxygens (including phenoxy) is 1. The van der Waals surface area contributed by atoms with Crippen LogP contribution in [0, 0.1) is 6.57 Å². The van der Waals surface area contributed by atoms with E-state index in [0.29, 0.717) is 41.8 Å². The molecule has 9 nitrogen and oxygen atoms in total. The van der Waals surface area contributed by atoms with Gasteiger partial charge in [0.05, 0.1) is 24.2 Å². The number of pyridine rings is 1. The lowest BCUT2D eigenvalue weighted by Gasteiger charge is -2.26. The third kappa shape index (κ3) is 5.78. The number of fused-ring (bicyclic) bond motifs is 1. The molecule has 174 valence electrons. The van der Waals surface area contributed by atoms with Crippen molar-refractivity contribution in [1.29, 1.82) is 0 Å². The Bertz CT molecular complexity index is 1030. The monoisotopic (exact) mass is 450 g/mol. The second kappa shape index (κ2) is 11.1. The lowest BCUT2D eigenvalue weighted by molar-refractivity contribution is -0.130. The van der Waals surface area contributed by atoms with Crippen LogP contribution in [0.5, 0.6) is 5.75 Å². The summed E-state index contributed by atoms with van der Waals surface area (Å²) in [6.45, 7) is 13.5. The van der Waals surface area contributed by atoms with Crippen molar-refractivity contribution < 1.29 is 14.3 Å². The minimum Gasteiger partial charge on any atom is -0.494 e. The van der Waals surface area contributed by atoms with Gasteiger partial charge in [0.2, 0.25) is 5.91 Å². The lowest BCUT2D eigenvalue weighted by atomic mass is 10.1. The molecule has 2 aliphatic heterocycles. The highest BCUT2D eigenvalue weighted by Gasteiger charge is 2.32. The van der Waals surface area contributed by atoms with Gasteiger partial charge in [-0.3, -0.25) is 24.3 Å². The summed E-state index contributed by atoms with van der Waals surface area (Å²) in [6, 6.07) is 7.18. The number of benzene rings is 1. The zero-order chi connectivity index (χ0) is 23.0. The molecule has 1 aromatic heterocycles. The Morgan fingerprint density at radius 2 is 2.09 bits per heavy atom. The van der Waals surface area contributed by atoms with Gasteiger partial charge in [0.15, 0.2) is 0 Å². The first-order valence-electron chi connectivity index (χ1n) is 11.5. The van der Waals surface area contributed by atoms with E-state index in [2.05, 4.69) is 25.4 Å². The molecule has 1 atom stereocenters. The number of carbonyl (C=O) groups is 2. The average Bonchev–Trinajstić information content (AvgIpc) is 3.34. The van der Waals surface area contributed by atoms with Gasteiger partial charge in [-0.15, -0.1) is 0 Å². The molecule has 9 heteroatoms. The van der Waals surface area contributed by atoms with Crippen molar-refractivity contribution in [2.24, 2.45) is 0 Å². The molecule has 2 aliphatic rings. The largest absolute Gasteiger partial charge is 0.494 e. The molecular formula is C24H30N6O3. The van der Waals surface area contributed by atoms with Crippen molar-refractivity contribution in [1.82, 2.24) is 25.4 Å². The van der Waals surface area contributed by atoms with Crippen molar-refractivity contribution in [3.05, 3.63) is 47.4 Å². The summed E-state index contributed by atoms with van der Waals surface area (Å²) in [5, 5.41) is 6.74. The fraction of sp³-hybridized carbons (Fsp3) is 0.500. The maximum atomic E-state index is 12.9. The van der Waals surface area contributed by atoms with Crippen molar-refractivity contribution >= 4 is 22.7 Å². The molecule has 1 unspecified atom stereocenters. The molecular weight excluding hydrogens is 420 g/mol. The minimum atomic E-state index is -0.414. The van der Waals surface area contributed by atoms with E-state index in [0.717, 1.165) is 45.6 Å². The van der Waals surface area contributed by atoms with Crippen LogP contribution in [0.4, 0.5) is 0 Å². The van der Waals surface area contributed by atoms with E-state index in [9.17, 15) is 9.59 Å². The summed E-state index contributed by atoms with van der Waals surface area (Å²) < 4.78 is 5.94. The van der Waals surface area contributed by atoms with Gasteiger partial charge in [-0.25, -0.2) is 6.57 Å². The van der Waals surface area contributed by atoms with Crippen LogP contribution in [0.1, 0.15) is 29.6 Å². The first kappa shape index (κ1) is 23.0. The number of piperazine rings is 1. The summed E-state index contributed by atoms with van der Waals surface area (Å²) in [6.07, 6.45) is 3.61. The molecule has 3 heterocycles. The molecule has 2 N–H and O–H groups in total. The summed E-state index contributed by atoms with van der Waals surface area (Å²) >= 11 is 0. The van der Waals surface area contributed by atoms with Crippen molar-refractivity contribution in [2.45, 2.75) is 25.4 Å². The number of nitrogens with zero attached hydrogens (tertiary/aromatic N) is 4. The Kier molecular flexibility index (Phi) is 7.70. The van der Waals surface area contributed by atoms with Gasteiger partial charge in [-0.1, -0.05) is 0 Å². The summed E-state index contributed by atoms with van der Waals surface area (Å²) in [4.78, 5) is 37.1. The molecule has 2 saturated heterocycles. The Labute approximate surface area is 193 Å². The Morgan fingerprint density at radius 1 is 1.24 bits per heavy atom. The van der Waals surface area contributed by atoms with Gasteiger partial charge in [0.1, 0.15) is 5.75 Å². The van der Waals surface area contributed by atoms with E-state index >= 15 is 0 Å². The quantitative estimate of drug-likeness (QED) is 0.468. The van der Waals surface area contributed by atoms with E-state index in [4.69, 9.17) is 11.3 Å². The average molecular weight is 451 g/mol. The maximum Gasteiger partial charge on any atom is 0.300 e.